The van der Waals surface area contributed by atoms with Crippen LogP contribution in [0.5, 0.6) is 11.5 Å². The van der Waals surface area contributed by atoms with Gasteiger partial charge >= 0.3 is 0 Å². The quantitative estimate of drug-likeness (QED) is 0.175. The molecule has 40 heavy (non-hydrogen) atoms. The van der Waals surface area contributed by atoms with Crippen molar-refractivity contribution in [3.63, 3.8) is 0 Å². The van der Waals surface area contributed by atoms with E-state index >= 15 is 0 Å². The standard InChI is InChI=1S/C33H38N2O5/c1-7-34(8-2)24-14-16-25(17-15-24)35-30(22-11-10-12-26(19-22)39-6)29(32(37)33(35)38)31(36)23-13-18-28(40-9-3)27(20-23)21(4)5/h10-21,30,36H,7-9H2,1-6H3/b31-29-. The molecule has 1 fully saturated rings. The van der Waals surface area contributed by atoms with Gasteiger partial charge in [-0.1, -0.05) is 26.0 Å². The van der Waals surface area contributed by atoms with Crippen LogP contribution in [0.15, 0.2) is 72.3 Å². The molecule has 0 spiro atoms. The number of ether oxygens (including phenoxy) is 2. The van der Waals surface area contributed by atoms with E-state index in [1.54, 1.807) is 31.4 Å². The molecular formula is C33H38N2O5. The van der Waals surface area contributed by atoms with Crippen molar-refractivity contribution in [1.82, 2.24) is 0 Å². The lowest BCUT2D eigenvalue weighted by molar-refractivity contribution is -0.132. The number of anilines is 2. The number of hydrogen-bond acceptors (Lipinski definition) is 6. The Morgan fingerprint density at radius 2 is 1.68 bits per heavy atom. The number of methoxy groups -OCH3 is 1. The monoisotopic (exact) mass is 542 g/mol. The summed E-state index contributed by atoms with van der Waals surface area (Å²) in [6, 6.07) is 19.3. The number of amides is 1. The molecule has 0 aromatic heterocycles. The highest BCUT2D eigenvalue weighted by molar-refractivity contribution is 6.51. The van der Waals surface area contributed by atoms with Crippen molar-refractivity contribution in [2.45, 2.75) is 46.6 Å². The van der Waals surface area contributed by atoms with E-state index < -0.39 is 17.7 Å². The van der Waals surface area contributed by atoms with Crippen molar-refractivity contribution in [3.05, 3.63) is 89.0 Å². The maximum atomic E-state index is 13.6. The van der Waals surface area contributed by atoms with E-state index in [2.05, 4.69) is 18.7 Å². The number of ketones is 1. The SMILES string of the molecule is CCOc1ccc(/C(O)=C2/C(=O)C(=O)N(c3ccc(N(CC)CC)cc3)C2c2cccc(OC)c2)cc1C(C)C. The molecule has 0 bridgehead atoms. The topological polar surface area (TPSA) is 79.3 Å². The van der Waals surface area contributed by atoms with Crippen LogP contribution in [-0.2, 0) is 9.59 Å². The van der Waals surface area contributed by atoms with Crippen LogP contribution in [0.25, 0.3) is 5.76 Å². The molecular weight excluding hydrogens is 504 g/mol. The van der Waals surface area contributed by atoms with Gasteiger partial charge in [0.2, 0.25) is 0 Å². The van der Waals surface area contributed by atoms with Crippen molar-refractivity contribution < 1.29 is 24.2 Å². The molecule has 3 aromatic carbocycles. The fourth-order valence-electron chi connectivity index (χ4n) is 5.23. The van der Waals surface area contributed by atoms with Gasteiger partial charge in [0, 0.05) is 30.0 Å². The summed E-state index contributed by atoms with van der Waals surface area (Å²) < 4.78 is 11.2. The number of aliphatic hydroxyl groups is 1. The van der Waals surface area contributed by atoms with Gasteiger partial charge < -0.3 is 19.5 Å². The minimum atomic E-state index is -0.844. The van der Waals surface area contributed by atoms with Crippen LogP contribution in [0.4, 0.5) is 11.4 Å². The van der Waals surface area contributed by atoms with Crippen molar-refractivity contribution in [3.8, 4) is 11.5 Å². The zero-order valence-electron chi connectivity index (χ0n) is 24.1. The molecule has 1 aliphatic heterocycles. The number of carbonyl (C=O) groups is 2. The number of hydrogen-bond donors (Lipinski definition) is 1. The number of nitrogens with zero attached hydrogens (tertiary/aromatic N) is 2. The average Bonchev–Trinajstić information content (AvgIpc) is 3.24. The Labute approximate surface area is 236 Å². The van der Waals surface area contributed by atoms with E-state index in [0.717, 1.165) is 30.1 Å². The van der Waals surface area contributed by atoms with Crippen LogP contribution in [0.3, 0.4) is 0 Å². The second-order valence-electron chi connectivity index (χ2n) is 9.97. The van der Waals surface area contributed by atoms with Gasteiger partial charge in [0.15, 0.2) is 0 Å². The van der Waals surface area contributed by atoms with E-state index in [0.29, 0.717) is 29.2 Å². The minimum Gasteiger partial charge on any atom is -0.507 e. The molecule has 1 aliphatic rings. The molecule has 3 aromatic rings. The summed E-state index contributed by atoms with van der Waals surface area (Å²) in [6.45, 7) is 12.4. The van der Waals surface area contributed by atoms with Gasteiger partial charge in [-0.3, -0.25) is 14.5 Å². The highest BCUT2D eigenvalue weighted by Crippen LogP contribution is 2.43. The summed E-state index contributed by atoms with van der Waals surface area (Å²) >= 11 is 0. The Morgan fingerprint density at radius 1 is 0.975 bits per heavy atom. The van der Waals surface area contributed by atoms with E-state index in [9.17, 15) is 14.7 Å². The van der Waals surface area contributed by atoms with Crippen LogP contribution < -0.4 is 19.3 Å². The number of benzene rings is 3. The molecule has 1 saturated heterocycles. The first kappa shape index (κ1) is 28.7. The average molecular weight is 543 g/mol. The van der Waals surface area contributed by atoms with E-state index in [-0.39, 0.29) is 17.3 Å². The molecule has 1 amide bonds. The lowest BCUT2D eigenvalue weighted by atomic mass is 9.93. The van der Waals surface area contributed by atoms with Crippen molar-refractivity contribution in [1.29, 1.82) is 0 Å². The van der Waals surface area contributed by atoms with Crippen LogP contribution in [0, 0.1) is 0 Å². The lowest BCUT2D eigenvalue weighted by Gasteiger charge is -2.27. The molecule has 1 unspecified atom stereocenters. The first-order valence-electron chi connectivity index (χ1n) is 13.8. The predicted octanol–water partition coefficient (Wildman–Crippen LogP) is 6.69. The summed E-state index contributed by atoms with van der Waals surface area (Å²) in [7, 11) is 1.56. The van der Waals surface area contributed by atoms with Crippen LogP contribution in [0.2, 0.25) is 0 Å². The Balaban J connectivity index is 1.90. The smallest absolute Gasteiger partial charge is 0.300 e. The molecule has 1 N–H and O–H groups in total. The van der Waals surface area contributed by atoms with Gasteiger partial charge in [0.25, 0.3) is 11.7 Å². The van der Waals surface area contributed by atoms with E-state index in [4.69, 9.17) is 9.47 Å². The maximum absolute atomic E-state index is 13.6. The van der Waals surface area contributed by atoms with Crippen molar-refractivity contribution >= 4 is 28.8 Å². The Kier molecular flexibility index (Phi) is 8.83. The second-order valence-corrected chi connectivity index (χ2v) is 9.97. The van der Waals surface area contributed by atoms with Gasteiger partial charge in [-0.2, -0.15) is 0 Å². The summed E-state index contributed by atoms with van der Waals surface area (Å²) in [4.78, 5) is 30.9. The number of carbonyl (C=O) groups excluding carboxylic acids is 2. The zero-order valence-corrected chi connectivity index (χ0v) is 24.1. The van der Waals surface area contributed by atoms with Gasteiger partial charge in [-0.25, -0.2) is 0 Å². The number of Topliss-reactive ketones (excluding diaryl/α,β-unsaturated/α-hetero) is 1. The fraction of sp³-hybridized carbons (Fsp3) is 0.333. The Bertz CT molecular complexity index is 1410. The third-order valence-electron chi connectivity index (χ3n) is 7.32. The van der Waals surface area contributed by atoms with Crippen molar-refractivity contribution in [2.75, 3.05) is 36.6 Å². The highest BCUT2D eigenvalue weighted by Gasteiger charge is 2.47. The Morgan fingerprint density at radius 3 is 2.27 bits per heavy atom. The molecule has 0 saturated carbocycles. The number of rotatable bonds is 10. The molecule has 7 nitrogen and oxygen atoms in total. The lowest BCUT2D eigenvalue weighted by Crippen LogP contribution is -2.29. The van der Waals surface area contributed by atoms with Gasteiger partial charge in [-0.05, 0) is 92.4 Å². The molecule has 0 aliphatic carbocycles. The molecule has 210 valence electrons. The van der Waals surface area contributed by atoms with Crippen molar-refractivity contribution in [2.24, 2.45) is 0 Å². The molecule has 1 heterocycles. The Hall–Kier alpha value is -4.26. The predicted molar refractivity (Wildman–Crippen MR) is 159 cm³/mol. The summed E-state index contributed by atoms with van der Waals surface area (Å²) in [5.41, 5.74) is 3.64. The van der Waals surface area contributed by atoms with Gasteiger partial charge in [0.05, 0.1) is 25.3 Å². The molecule has 4 rings (SSSR count). The summed E-state index contributed by atoms with van der Waals surface area (Å²) in [5.74, 6) is -0.220. The third kappa shape index (κ3) is 5.41. The summed E-state index contributed by atoms with van der Waals surface area (Å²) in [5, 5.41) is 11.6. The first-order valence-corrected chi connectivity index (χ1v) is 13.8. The summed E-state index contributed by atoms with van der Waals surface area (Å²) in [6.07, 6.45) is 0. The third-order valence-corrected chi connectivity index (χ3v) is 7.32. The normalized spacial score (nSPS) is 16.5. The zero-order chi connectivity index (χ0) is 29.0. The fourth-order valence-corrected chi connectivity index (χ4v) is 5.23. The first-order chi connectivity index (χ1) is 19.2. The van der Waals surface area contributed by atoms with E-state index in [1.165, 1.54) is 4.90 Å². The molecule has 7 heteroatoms. The van der Waals surface area contributed by atoms with Gasteiger partial charge in [-0.15, -0.1) is 0 Å². The molecule has 1 atom stereocenters. The maximum Gasteiger partial charge on any atom is 0.300 e. The van der Waals surface area contributed by atoms with E-state index in [1.807, 2.05) is 63.2 Å². The van der Waals surface area contributed by atoms with Crippen LogP contribution in [0.1, 0.15) is 63.3 Å². The molecule has 0 radical (unpaired) electrons. The second kappa shape index (κ2) is 12.3. The number of aliphatic hydroxyl groups excluding tert-OH is 1. The van der Waals surface area contributed by atoms with Crippen LogP contribution >= 0.6 is 0 Å². The minimum absolute atomic E-state index is 0.0324. The highest BCUT2D eigenvalue weighted by atomic mass is 16.5. The largest absolute Gasteiger partial charge is 0.507 e. The van der Waals surface area contributed by atoms with Gasteiger partial charge in [0.1, 0.15) is 17.3 Å². The van der Waals surface area contributed by atoms with Crippen LogP contribution in [-0.4, -0.2) is 43.6 Å².